The van der Waals surface area contributed by atoms with E-state index in [4.69, 9.17) is 11.5 Å². The highest BCUT2D eigenvalue weighted by molar-refractivity contribution is 7.07. The van der Waals surface area contributed by atoms with E-state index in [1.165, 1.54) is 11.3 Å². The van der Waals surface area contributed by atoms with Gasteiger partial charge in [0.1, 0.15) is 0 Å². The van der Waals surface area contributed by atoms with Crippen LogP contribution in [0.5, 0.6) is 0 Å². The fraction of sp³-hybridized carbons (Fsp3) is 0.400. The predicted octanol–water partition coefficient (Wildman–Crippen LogP) is 0.102. The van der Waals surface area contributed by atoms with Crippen LogP contribution >= 0.6 is 11.3 Å². The van der Waals surface area contributed by atoms with Gasteiger partial charge in [0.2, 0.25) is 0 Å². The highest BCUT2D eigenvalue weighted by atomic mass is 32.1. The number of thiazole rings is 1. The van der Waals surface area contributed by atoms with Crippen LogP contribution in [0, 0.1) is 0 Å². The second-order valence-corrected chi connectivity index (χ2v) is 2.47. The summed E-state index contributed by atoms with van der Waals surface area (Å²) in [7, 11) is 0. The molecule has 1 aromatic heterocycles. The molecule has 0 radical (unpaired) electrons. The number of hydrogen-bond donors (Lipinski definition) is 2. The van der Waals surface area contributed by atoms with Gasteiger partial charge in [-0.25, -0.2) is 4.98 Å². The van der Waals surface area contributed by atoms with Crippen LogP contribution in [0.15, 0.2) is 10.9 Å². The highest BCUT2D eigenvalue weighted by Gasteiger charge is 2.02. The van der Waals surface area contributed by atoms with Crippen molar-refractivity contribution in [3.05, 3.63) is 16.6 Å². The predicted molar refractivity (Wildman–Crippen MR) is 38.1 cm³/mol. The SMILES string of the molecule is NCC(N)c1cscn1. The van der Waals surface area contributed by atoms with E-state index in [9.17, 15) is 0 Å². The van der Waals surface area contributed by atoms with Crippen LogP contribution < -0.4 is 11.5 Å². The average Bonchev–Trinajstić information content (AvgIpc) is 2.37. The molecule has 0 aliphatic rings. The van der Waals surface area contributed by atoms with Crippen molar-refractivity contribution in [1.29, 1.82) is 0 Å². The maximum atomic E-state index is 5.56. The Morgan fingerprint density at radius 3 is 3.00 bits per heavy atom. The lowest BCUT2D eigenvalue weighted by atomic mass is 10.2. The van der Waals surface area contributed by atoms with Crippen molar-refractivity contribution in [2.24, 2.45) is 11.5 Å². The quantitative estimate of drug-likeness (QED) is 0.617. The molecule has 1 aromatic rings. The zero-order chi connectivity index (χ0) is 6.69. The molecule has 0 saturated heterocycles. The summed E-state index contributed by atoms with van der Waals surface area (Å²) >= 11 is 1.54. The van der Waals surface area contributed by atoms with Gasteiger partial charge in [-0.3, -0.25) is 0 Å². The van der Waals surface area contributed by atoms with Gasteiger partial charge in [-0.1, -0.05) is 0 Å². The average molecular weight is 143 g/mol. The second-order valence-electron chi connectivity index (χ2n) is 1.76. The van der Waals surface area contributed by atoms with Crippen molar-refractivity contribution in [2.75, 3.05) is 6.54 Å². The molecule has 0 aromatic carbocycles. The Morgan fingerprint density at radius 1 is 1.78 bits per heavy atom. The Morgan fingerprint density at radius 2 is 2.56 bits per heavy atom. The van der Waals surface area contributed by atoms with Crippen molar-refractivity contribution in [3.8, 4) is 0 Å². The molecule has 4 N–H and O–H groups in total. The minimum Gasteiger partial charge on any atom is -0.329 e. The van der Waals surface area contributed by atoms with Crippen LogP contribution in [-0.2, 0) is 0 Å². The normalized spacial score (nSPS) is 13.6. The third-order valence-electron chi connectivity index (χ3n) is 1.09. The van der Waals surface area contributed by atoms with E-state index >= 15 is 0 Å². The first-order chi connectivity index (χ1) is 4.34. The molecule has 0 saturated carbocycles. The Bertz CT molecular complexity index is 161. The smallest absolute Gasteiger partial charge is 0.0795 e. The molecule has 1 rings (SSSR count). The molecule has 1 atom stereocenters. The minimum absolute atomic E-state index is 0.0868. The number of aromatic nitrogens is 1. The molecule has 4 heteroatoms. The third-order valence-corrected chi connectivity index (χ3v) is 1.69. The maximum Gasteiger partial charge on any atom is 0.0795 e. The summed E-state index contributed by atoms with van der Waals surface area (Å²) < 4.78 is 0. The summed E-state index contributed by atoms with van der Waals surface area (Å²) in [5.74, 6) is 0. The Balaban J connectivity index is 2.65. The lowest BCUT2D eigenvalue weighted by molar-refractivity contribution is 0.717. The van der Waals surface area contributed by atoms with E-state index in [-0.39, 0.29) is 6.04 Å². The minimum atomic E-state index is -0.0868. The summed E-state index contributed by atoms with van der Waals surface area (Å²) in [5.41, 5.74) is 13.5. The topological polar surface area (TPSA) is 64.9 Å². The van der Waals surface area contributed by atoms with E-state index < -0.39 is 0 Å². The van der Waals surface area contributed by atoms with E-state index in [1.54, 1.807) is 5.51 Å². The molecular formula is C5H9N3S. The standard InChI is InChI=1S/C5H9N3S/c6-1-4(7)5-2-9-3-8-5/h2-4H,1,6-7H2. The molecule has 50 valence electrons. The van der Waals surface area contributed by atoms with E-state index in [1.807, 2.05) is 5.38 Å². The summed E-state index contributed by atoms with van der Waals surface area (Å²) in [4.78, 5) is 4.00. The summed E-state index contributed by atoms with van der Waals surface area (Å²) in [6.07, 6.45) is 0. The van der Waals surface area contributed by atoms with Gasteiger partial charge in [0.25, 0.3) is 0 Å². The Kier molecular flexibility index (Phi) is 2.16. The fourth-order valence-corrected chi connectivity index (χ4v) is 1.14. The largest absolute Gasteiger partial charge is 0.329 e. The first kappa shape index (κ1) is 6.67. The van der Waals surface area contributed by atoms with Gasteiger partial charge in [0.05, 0.1) is 17.2 Å². The van der Waals surface area contributed by atoms with Crippen molar-refractivity contribution >= 4 is 11.3 Å². The van der Waals surface area contributed by atoms with Crippen LogP contribution in [0.4, 0.5) is 0 Å². The number of nitrogens with zero attached hydrogens (tertiary/aromatic N) is 1. The van der Waals surface area contributed by atoms with Gasteiger partial charge in [-0.15, -0.1) is 11.3 Å². The van der Waals surface area contributed by atoms with Gasteiger partial charge in [-0.05, 0) is 0 Å². The molecule has 0 aliphatic carbocycles. The lowest BCUT2D eigenvalue weighted by Gasteiger charge is -2.01. The molecule has 1 unspecified atom stereocenters. The fourth-order valence-electron chi connectivity index (χ4n) is 0.526. The molecular weight excluding hydrogens is 134 g/mol. The van der Waals surface area contributed by atoms with Crippen molar-refractivity contribution in [1.82, 2.24) is 4.98 Å². The van der Waals surface area contributed by atoms with Gasteiger partial charge >= 0.3 is 0 Å². The molecule has 0 spiro atoms. The Labute approximate surface area is 57.7 Å². The summed E-state index contributed by atoms with van der Waals surface area (Å²) in [6, 6.07) is -0.0868. The van der Waals surface area contributed by atoms with Crippen LogP contribution in [0.2, 0.25) is 0 Å². The number of nitrogens with two attached hydrogens (primary N) is 2. The van der Waals surface area contributed by atoms with Crippen molar-refractivity contribution in [2.45, 2.75) is 6.04 Å². The Hall–Kier alpha value is -0.450. The molecule has 0 bridgehead atoms. The maximum absolute atomic E-state index is 5.56. The first-order valence-corrected chi connectivity index (χ1v) is 3.62. The molecule has 1 heterocycles. The molecule has 0 aliphatic heterocycles. The van der Waals surface area contributed by atoms with E-state index in [0.717, 1.165) is 5.69 Å². The third kappa shape index (κ3) is 1.48. The lowest BCUT2D eigenvalue weighted by Crippen LogP contribution is -2.20. The molecule has 3 nitrogen and oxygen atoms in total. The molecule has 0 amide bonds. The van der Waals surface area contributed by atoms with Crippen LogP contribution in [0.1, 0.15) is 11.7 Å². The zero-order valence-electron chi connectivity index (χ0n) is 4.95. The molecule has 0 fully saturated rings. The van der Waals surface area contributed by atoms with E-state index in [2.05, 4.69) is 4.98 Å². The van der Waals surface area contributed by atoms with Crippen molar-refractivity contribution < 1.29 is 0 Å². The van der Waals surface area contributed by atoms with Crippen LogP contribution in [-0.4, -0.2) is 11.5 Å². The number of hydrogen-bond acceptors (Lipinski definition) is 4. The highest BCUT2D eigenvalue weighted by Crippen LogP contribution is 2.07. The van der Waals surface area contributed by atoms with Crippen LogP contribution in [0.25, 0.3) is 0 Å². The summed E-state index contributed by atoms with van der Waals surface area (Å²) in [5, 5.41) is 1.91. The van der Waals surface area contributed by atoms with Crippen LogP contribution in [0.3, 0.4) is 0 Å². The molecule has 9 heavy (non-hydrogen) atoms. The van der Waals surface area contributed by atoms with Gasteiger partial charge in [0, 0.05) is 11.9 Å². The van der Waals surface area contributed by atoms with Gasteiger partial charge in [0.15, 0.2) is 0 Å². The van der Waals surface area contributed by atoms with Gasteiger partial charge < -0.3 is 11.5 Å². The number of rotatable bonds is 2. The zero-order valence-corrected chi connectivity index (χ0v) is 5.77. The summed E-state index contributed by atoms with van der Waals surface area (Å²) in [6.45, 7) is 0.462. The van der Waals surface area contributed by atoms with Crippen molar-refractivity contribution in [3.63, 3.8) is 0 Å². The first-order valence-electron chi connectivity index (χ1n) is 2.68. The second kappa shape index (κ2) is 2.91. The van der Waals surface area contributed by atoms with E-state index in [0.29, 0.717) is 6.54 Å². The van der Waals surface area contributed by atoms with Gasteiger partial charge in [-0.2, -0.15) is 0 Å². The monoisotopic (exact) mass is 143 g/mol.